The Bertz CT molecular complexity index is 513. The van der Waals surface area contributed by atoms with E-state index in [1.165, 1.54) is 0 Å². The van der Waals surface area contributed by atoms with E-state index in [1.54, 1.807) is 19.1 Å². The van der Waals surface area contributed by atoms with Crippen molar-refractivity contribution in [2.24, 2.45) is 0 Å². The van der Waals surface area contributed by atoms with E-state index in [0.717, 1.165) is 0 Å². The van der Waals surface area contributed by atoms with Gasteiger partial charge < -0.3 is 23.3 Å². The van der Waals surface area contributed by atoms with Gasteiger partial charge in [-0.05, 0) is 39.7 Å². The molecule has 1 aromatic carbocycles. The number of benzene rings is 1. The fourth-order valence-corrected chi connectivity index (χ4v) is 5.02. The molecular weight excluding hydrogens is 338 g/mol. The van der Waals surface area contributed by atoms with Gasteiger partial charge >= 0.3 is 14.9 Å². The van der Waals surface area contributed by atoms with Gasteiger partial charge in [-0.3, -0.25) is 0 Å². The first-order chi connectivity index (χ1) is 12.4. The zero-order chi connectivity index (χ0) is 19.5. The summed E-state index contributed by atoms with van der Waals surface area (Å²) in [5.74, 6) is 0. The van der Waals surface area contributed by atoms with Gasteiger partial charge in [0, 0.05) is 32.4 Å². The summed E-state index contributed by atoms with van der Waals surface area (Å²) in [6, 6.07) is 9.59. The van der Waals surface area contributed by atoms with E-state index in [0.29, 0.717) is 44.4 Å². The summed E-state index contributed by atoms with van der Waals surface area (Å²) < 4.78 is 30.8. The van der Waals surface area contributed by atoms with Crippen molar-refractivity contribution >= 4 is 14.9 Å². The fourth-order valence-electron chi connectivity index (χ4n) is 2.40. The first-order valence-electron chi connectivity index (χ1n) is 9.33. The molecule has 0 aliphatic carbocycles. The summed E-state index contributed by atoms with van der Waals surface area (Å²) in [6.45, 7) is 9.24. The van der Waals surface area contributed by atoms with E-state index in [4.69, 9.17) is 19.4 Å². The minimum atomic E-state index is -2.70. The molecule has 6 nitrogen and oxygen atoms in total. The van der Waals surface area contributed by atoms with Crippen LogP contribution < -0.4 is 5.32 Å². The molecule has 25 heavy (non-hydrogen) atoms. The molecule has 1 atom stereocenters. The van der Waals surface area contributed by atoms with Crippen molar-refractivity contribution in [1.82, 2.24) is 5.32 Å². The molecule has 0 aromatic heterocycles. The van der Waals surface area contributed by atoms with Gasteiger partial charge in [0.2, 0.25) is 0 Å². The molecule has 1 N–H and O–H groups in total. The van der Waals surface area contributed by atoms with E-state index >= 15 is 0 Å². The second-order valence-corrected chi connectivity index (χ2v) is 8.06. The molecule has 0 aliphatic heterocycles. The van der Waals surface area contributed by atoms with Gasteiger partial charge in [0.1, 0.15) is 6.08 Å². The van der Waals surface area contributed by atoms with Crippen LogP contribution >= 0.6 is 0 Å². The van der Waals surface area contributed by atoms with E-state index in [1.807, 2.05) is 39.0 Å². The lowest BCUT2D eigenvalue weighted by Crippen LogP contribution is -2.46. The van der Waals surface area contributed by atoms with E-state index in [9.17, 15) is 4.79 Å². The first-order valence-corrected chi connectivity index (χ1v) is 10.8. The van der Waals surface area contributed by atoms with Gasteiger partial charge in [0.25, 0.3) is 0 Å². The Morgan fingerprint density at radius 1 is 1.12 bits per heavy atom. The van der Waals surface area contributed by atoms with Crippen molar-refractivity contribution in [1.29, 1.82) is 0 Å². The number of carbonyl (C=O) groups is 1. The number of amides is 1. The summed E-state index contributed by atoms with van der Waals surface area (Å²) in [4.78, 5) is 12.0. The van der Waals surface area contributed by atoms with Crippen LogP contribution in [0.15, 0.2) is 30.3 Å². The minimum Gasteiger partial charge on any atom is -0.442 e. The van der Waals surface area contributed by atoms with Crippen molar-refractivity contribution in [2.45, 2.75) is 46.2 Å². The van der Waals surface area contributed by atoms with Gasteiger partial charge in [-0.15, -0.1) is 0 Å². The molecule has 1 aromatic rings. The summed E-state index contributed by atoms with van der Waals surface area (Å²) in [7, 11) is -2.70. The second kappa shape index (κ2) is 12.0. The summed E-state index contributed by atoms with van der Waals surface area (Å²) in [6.07, 6.45) is -1.42. The van der Waals surface area contributed by atoms with Crippen LogP contribution in [0.4, 0.5) is 4.79 Å². The summed E-state index contributed by atoms with van der Waals surface area (Å²) in [5.41, 5.74) is 0.616. The third-order valence-electron chi connectivity index (χ3n) is 3.45. The largest absolute Gasteiger partial charge is 0.500 e. The van der Waals surface area contributed by atoms with Crippen molar-refractivity contribution < 1.29 is 24.2 Å². The predicted octanol–water partition coefficient (Wildman–Crippen LogP) is 3.91. The van der Waals surface area contributed by atoms with Gasteiger partial charge in [-0.25, -0.2) is 4.79 Å². The summed E-state index contributed by atoms with van der Waals surface area (Å²) in [5, 5.41) is 2.68. The van der Waals surface area contributed by atoms with Crippen molar-refractivity contribution in [3.8, 4) is 0 Å². The molecule has 1 rings (SSSR count). The molecule has 0 saturated carbocycles. The van der Waals surface area contributed by atoms with Gasteiger partial charge in [0.15, 0.2) is 0 Å². The van der Waals surface area contributed by atoms with Crippen molar-refractivity contribution in [2.75, 3.05) is 26.4 Å². The van der Waals surface area contributed by atoms with Crippen LogP contribution in [0, 0.1) is 0 Å². The number of hydrogen-bond donors (Lipinski definition) is 1. The van der Waals surface area contributed by atoms with Crippen LogP contribution in [0.5, 0.6) is 0 Å². The lowest BCUT2D eigenvalue weighted by Gasteiger charge is -2.28. The third kappa shape index (κ3) is 8.00. The highest BCUT2D eigenvalue weighted by Gasteiger charge is 2.39. The molecular formula is C18H31NO5Si. The molecule has 0 spiro atoms. The first kappa shape index (κ1) is 19.9. The highest BCUT2D eigenvalue weighted by Crippen LogP contribution is 2.18. The minimum absolute atomic E-state index is 0.395. The molecule has 7 heteroatoms. The number of rotatable bonds is 12. The molecule has 142 valence electrons. The number of nitrogens with one attached hydrogen (secondary N) is 1. The van der Waals surface area contributed by atoms with Crippen LogP contribution in [-0.4, -0.2) is 41.3 Å². The number of alkyl carbamates (subject to hydrolysis) is 1. The average Bonchev–Trinajstić information content (AvgIpc) is 2.60. The van der Waals surface area contributed by atoms with Gasteiger partial charge in [0.05, 0.1) is 1.37 Å². The number of hydrogen-bond acceptors (Lipinski definition) is 5. The lowest BCUT2D eigenvalue weighted by atomic mass is 10.1. The Morgan fingerprint density at radius 2 is 1.68 bits per heavy atom. The molecule has 1 amide bonds. The highest BCUT2D eigenvalue weighted by molar-refractivity contribution is 6.60. The van der Waals surface area contributed by atoms with Gasteiger partial charge in [-0.1, -0.05) is 30.3 Å². The van der Waals surface area contributed by atoms with Crippen molar-refractivity contribution in [3.05, 3.63) is 35.9 Å². The Balaban J connectivity index is 2.47. The van der Waals surface area contributed by atoms with Crippen LogP contribution in [0.25, 0.3) is 0 Å². The van der Waals surface area contributed by atoms with E-state index in [2.05, 4.69) is 5.32 Å². The van der Waals surface area contributed by atoms with Crippen LogP contribution in [-0.2, 0) is 18.0 Å². The Kier molecular flexibility index (Phi) is 9.57. The fraction of sp³-hybridized carbons (Fsp3) is 0.611. The average molecular weight is 371 g/mol. The maximum atomic E-state index is 12.0. The number of carbonyl (C=O) groups excluding carboxylic acids is 1. The normalized spacial score (nSPS) is 14.5. The van der Waals surface area contributed by atoms with Crippen LogP contribution in [0.2, 0.25) is 6.04 Å². The lowest BCUT2D eigenvalue weighted by molar-refractivity contribution is 0.0704. The molecule has 1 unspecified atom stereocenters. The zero-order valence-electron chi connectivity index (χ0n) is 16.7. The second-order valence-electron chi connectivity index (χ2n) is 5.32. The topological polar surface area (TPSA) is 66.0 Å². The Hall–Kier alpha value is -1.41. The monoisotopic (exact) mass is 370 g/mol. The number of ether oxygens (including phenoxy) is 1. The smallest absolute Gasteiger partial charge is 0.442 e. The highest BCUT2D eigenvalue weighted by atomic mass is 28.4. The third-order valence-corrected chi connectivity index (χ3v) is 6.60. The maximum Gasteiger partial charge on any atom is 0.500 e. The molecule has 0 aliphatic rings. The zero-order valence-corrected chi connectivity index (χ0v) is 16.7. The van der Waals surface area contributed by atoms with E-state index < -0.39 is 21.0 Å². The summed E-state index contributed by atoms with van der Waals surface area (Å²) >= 11 is 0. The Labute approximate surface area is 153 Å². The Morgan fingerprint density at radius 3 is 2.20 bits per heavy atom. The van der Waals surface area contributed by atoms with Gasteiger partial charge in [-0.2, -0.15) is 0 Å². The molecule has 0 heterocycles. The van der Waals surface area contributed by atoms with Crippen LogP contribution in [0.1, 0.15) is 47.1 Å². The van der Waals surface area contributed by atoms with Crippen LogP contribution in [0.3, 0.4) is 0 Å². The van der Waals surface area contributed by atoms with Crippen molar-refractivity contribution in [3.63, 3.8) is 0 Å². The molecule has 0 bridgehead atoms. The predicted molar refractivity (Wildman–Crippen MR) is 99.4 cm³/mol. The molecule has 0 saturated heterocycles. The van der Waals surface area contributed by atoms with E-state index in [-0.39, 0.29) is 0 Å². The quantitative estimate of drug-likeness (QED) is 0.446. The molecule has 0 radical (unpaired) electrons. The SMILES string of the molecule is [2H]C(C)(OC(=O)NCCC[Si](OCC)(OCC)OCC)c1ccccc1. The standard InChI is InChI=1S/C18H31NO5Si/c1-5-21-25(22-6-2,23-7-3)15-11-14-19-18(20)24-16(4)17-12-9-8-10-13-17/h8-10,12-13,16H,5-7,11,14-15H2,1-4H3,(H,19,20)/i16D. The maximum absolute atomic E-state index is 12.0. The molecule has 0 fully saturated rings.